The Morgan fingerprint density at radius 2 is 2.00 bits per heavy atom. The van der Waals surface area contributed by atoms with E-state index in [1.54, 1.807) is 11.3 Å². The minimum absolute atomic E-state index is 0. The van der Waals surface area contributed by atoms with Crippen LogP contribution in [0.3, 0.4) is 0 Å². The molecule has 0 bridgehead atoms. The molecule has 27 heavy (non-hydrogen) atoms. The second-order valence-electron chi connectivity index (χ2n) is 7.35. The summed E-state index contributed by atoms with van der Waals surface area (Å²) in [6, 6.07) is 11.7. The molecule has 0 amide bonds. The molecule has 2 N–H and O–H groups in total. The van der Waals surface area contributed by atoms with E-state index in [0.29, 0.717) is 6.54 Å². The molecule has 2 aliphatic rings. The molecule has 4 nitrogen and oxygen atoms in total. The molecule has 1 saturated carbocycles. The van der Waals surface area contributed by atoms with Gasteiger partial charge in [-0.15, -0.1) is 23.7 Å². The minimum Gasteiger partial charge on any atom is -0.488 e. The van der Waals surface area contributed by atoms with Crippen LogP contribution in [-0.4, -0.2) is 35.7 Å². The average Bonchev–Trinajstić information content (AvgIpc) is 3.19. The van der Waals surface area contributed by atoms with Crippen LogP contribution in [0.4, 0.5) is 0 Å². The van der Waals surface area contributed by atoms with Crippen LogP contribution in [0.25, 0.3) is 0 Å². The predicted octanol–water partition coefficient (Wildman–Crippen LogP) is 3.78. The molecule has 1 fully saturated rings. The summed E-state index contributed by atoms with van der Waals surface area (Å²) < 4.78 is 5.92. The number of para-hydroxylation sites is 1. The van der Waals surface area contributed by atoms with Crippen molar-refractivity contribution in [1.82, 2.24) is 5.32 Å². The summed E-state index contributed by atoms with van der Waals surface area (Å²) in [5, 5.41) is 14.0. The first-order chi connectivity index (χ1) is 12.6. The number of aliphatic hydroxyl groups is 1. The number of ether oxygens (including phenoxy) is 1. The van der Waals surface area contributed by atoms with Gasteiger partial charge in [0.1, 0.15) is 18.0 Å². The van der Waals surface area contributed by atoms with Crippen molar-refractivity contribution in [2.75, 3.05) is 6.54 Å². The van der Waals surface area contributed by atoms with Crippen LogP contribution >= 0.6 is 23.7 Å². The zero-order valence-electron chi connectivity index (χ0n) is 15.4. The third-order valence-corrected chi connectivity index (χ3v) is 6.61. The van der Waals surface area contributed by atoms with Gasteiger partial charge in [-0.3, -0.25) is 4.79 Å². The van der Waals surface area contributed by atoms with Gasteiger partial charge in [0.15, 0.2) is 5.78 Å². The molecule has 1 unspecified atom stereocenters. The standard InChI is InChI=1S/C21H25NO3S.ClH/c1-13-11-16-19(26-13)10-7-14(20(16)23)12-22-17-8-9-18(21(17)24)25-15-5-3-2-4-6-15;/h2-6,11,14,17-18,21-22,24H,7-10,12H2,1H3;1H/t14?,17-,18-,21+;/m1./s1. The number of thiophene rings is 1. The lowest BCUT2D eigenvalue weighted by Gasteiger charge is -2.25. The maximum atomic E-state index is 12.7. The van der Waals surface area contributed by atoms with Gasteiger partial charge in [-0.1, -0.05) is 18.2 Å². The molecule has 0 radical (unpaired) electrons. The largest absolute Gasteiger partial charge is 0.488 e. The Kier molecular flexibility index (Phi) is 6.58. The van der Waals surface area contributed by atoms with E-state index >= 15 is 0 Å². The summed E-state index contributed by atoms with van der Waals surface area (Å²) >= 11 is 1.74. The summed E-state index contributed by atoms with van der Waals surface area (Å²) in [5.41, 5.74) is 0.919. The van der Waals surface area contributed by atoms with Gasteiger partial charge in [-0.05, 0) is 50.8 Å². The zero-order valence-corrected chi connectivity index (χ0v) is 17.0. The number of rotatable bonds is 5. The highest BCUT2D eigenvalue weighted by Crippen LogP contribution is 2.32. The lowest BCUT2D eigenvalue weighted by Crippen LogP contribution is -2.44. The number of hydrogen-bond acceptors (Lipinski definition) is 5. The van der Waals surface area contributed by atoms with Crippen molar-refractivity contribution in [3.8, 4) is 5.75 Å². The first-order valence-corrected chi connectivity index (χ1v) is 10.2. The highest BCUT2D eigenvalue weighted by molar-refractivity contribution is 7.12. The Morgan fingerprint density at radius 3 is 2.78 bits per heavy atom. The van der Waals surface area contributed by atoms with Crippen molar-refractivity contribution >= 4 is 29.5 Å². The SMILES string of the molecule is Cc1cc2c(s1)CCC(CN[C@@H]1CC[C@@H](Oc3ccccc3)[C@H]1O)C2=O.Cl. The third kappa shape index (κ3) is 4.37. The molecule has 1 aromatic heterocycles. The number of aliphatic hydroxyl groups excluding tert-OH is 1. The van der Waals surface area contributed by atoms with Gasteiger partial charge in [-0.2, -0.15) is 0 Å². The molecule has 2 aromatic rings. The Balaban J connectivity index is 0.00000210. The Morgan fingerprint density at radius 1 is 1.22 bits per heavy atom. The maximum Gasteiger partial charge on any atom is 0.168 e. The topological polar surface area (TPSA) is 58.6 Å². The number of nitrogens with one attached hydrogen (secondary N) is 1. The summed E-state index contributed by atoms with van der Waals surface area (Å²) in [7, 11) is 0. The normalized spacial score (nSPS) is 27.1. The third-order valence-electron chi connectivity index (χ3n) is 5.50. The van der Waals surface area contributed by atoms with Crippen molar-refractivity contribution in [1.29, 1.82) is 0 Å². The molecule has 6 heteroatoms. The first-order valence-electron chi connectivity index (χ1n) is 9.38. The molecular formula is C21H26ClNO3S. The molecule has 2 aliphatic carbocycles. The molecule has 0 saturated heterocycles. The Hall–Kier alpha value is -1.40. The number of halogens is 1. The molecule has 0 spiro atoms. The van der Waals surface area contributed by atoms with Crippen LogP contribution in [0.1, 0.15) is 39.4 Å². The van der Waals surface area contributed by atoms with Gasteiger partial charge >= 0.3 is 0 Å². The number of carbonyl (C=O) groups is 1. The molecule has 146 valence electrons. The Labute approximate surface area is 170 Å². The molecular weight excluding hydrogens is 382 g/mol. The van der Waals surface area contributed by atoms with Crippen LogP contribution in [-0.2, 0) is 6.42 Å². The monoisotopic (exact) mass is 407 g/mol. The second kappa shape index (κ2) is 8.74. The van der Waals surface area contributed by atoms with Gasteiger partial charge in [0.2, 0.25) is 0 Å². The van der Waals surface area contributed by atoms with E-state index < -0.39 is 6.10 Å². The van der Waals surface area contributed by atoms with Crippen LogP contribution in [0.2, 0.25) is 0 Å². The van der Waals surface area contributed by atoms with Crippen molar-refractivity contribution in [3.63, 3.8) is 0 Å². The fourth-order valence-electron chi connectivity index (χ4n) is 4.07. The zero-order chi connectivity index (χ0) is 18.1. The average molecular weight is 408 g/mol. The fraction of sp³-hybridized carbons (Fsp3) is 0.476. The highest BCUT2D eigenvalue weighted by atomic mass is 35.5. The molecule has 4 atom stereocenters. The highest BCUT2D eigenvalue weighted by Gasteiger charge is 2.37. The summed E-state index contributed by atoms with van der Waals surface area (Å²) in [6.45, 7) is 2.69. The molecule has 0 aliphatic heterocycles. The number of ketones is 1. The molecule has 1 heterocycles. The van der Waals surface area contributed by atoms with E-state index in [4.69, 9.17) is 4.74 Å². The quantitative estimate of drug-likeness (QED) is 0.791. The summed E-state index contributed by atoms with van der Waals surface area (Å²) in [4.78, 5) is 15.2. The van der Waals surface area contributed by atoms with Crippen molar-refractivity contribution in [2.45, 2.75) is 50.9 Å². The first kappa shape index (κ1) is 20.3. The number of benzene rings is 1. The van der Waals surface area contributed by atoms with E-state index in [9.17, 15) is 9.90 Å². The van der Waals surface area contributed by atoms with Gasteiger partial charge in [-0.25, -0.2) is 0 Å². The van der Waals surface area contributed by atoms with E-state index in [1.165, 1.54) is 9.75 Å². The van der Waals surface area contributed by atoms with Gasteiger partial charge in [0, 0.05) is 33.8 Å². The minimum atomic E-state index is -0.548. The van der Waals surface area contributed by atoms with Crippen molar-refractivity contribution in [2.24, 2.45) is 5.92 Å². The van der Waals surface area contributed by atoms with E-state index in [2.05, 4.69) is 12.2 Å². The summed E-state index contributed by atoms with van der Waals surface area (Å²) in [6.07, 6.45) is 2.82. The van der Waals surface area contributed by atoms with E-state index in [0.717, 1.165) is 37.0 Å². The number of aryl methyl sites for hydroxylation is 2. The maximum absolute atomic E-state index is 12.7. The summed E-state index contributed by atoms with van der Waals surface area (Å²) in [5.74, 6) is 1.06. The number of fused-ring (bicyclic) bond motifs is 1. The molecule has 4 rings (SSSR count). The van der Waals surface area contributed by atoms with Crippen LogP contribution < -0.4 is 10.1 Å². The number of Topliss-reactive ketones (excluding diaryl/α,β-unsaturated/α-hetero) is 1. The van der Waals surface area contributed by atoms with E-state index in [-0.39, 0.29) is 36.3 Å². The lowest BCUT2D eigenvalue weighted by molar-refractivity contribution is 0.0442. The van der Waals surface area contributed by atoms with Gasteiger partial charge in [0.05, 0.1) is 0 Å². The van der Waals surface area contributed by atoms with E-state index in [1.807, 2.05) is 36.4 Å². The Bertz CT molecular complexity index is 779. The smallest absolute Gasteiger partial charge is 0.168 e. The predicted molar refractivity (Wildman–Crippen MR) is 110 cm³/mol. The van der Waals surface area contributed by atoms with Gasteiger partial charge < -0.3 is 15.2 Å². The fourth-order valence-corrected chi connectivity index (χ4v) is 5.13. The van der Waals surface area contributed by atoms with Gasteiger partial charge in [0.25, 0.3) is 0 Å². The molecule has 1 aromatic carbocycles. The van der Waals surface area contributed by atoms with Crippen LogP contribution in [0.15, 0.2) is 36.4 Å². The van der Waals surface area contributed by atoms with Crippen molar-refractivity contribution < 1.29 is 14.6 Å². The van der Waals surface area contributed by atoms with Crippen LogP contribution in [0.5, 0.6) is 5.75 Å². The lowest BCUT2D eigenvalue weighted by atomic mass is 9.87. The number of carbonyl (C=O) groups excluding carboxylic acids is 1. The second-order valence-corrected chi connectivity index (χ2v) is 8.69. The van der Waals surface area contributed by atoms with Crippen LogP contribution in [0, 0.1) is 12.8 Å². The number of hydrogen-bond donors (Lipinski definition) is 2. The van der Waals surface area contributed by atoms with Crippen molar-refractivity contribution in [3.05, 3.63) is 51.7 Å².